The predicted molar refractivity (Wildman–Crippen MR) is 69.8 cm³/mol. The SMILES string of the molecule is CC(C)C1CC2CC[C@@H](C1)N2C(=O)CN(C)C. The van der Waals surface area contributed by atoms with Gasteiger partial charge >= 0.3 is 0 Å². The molecule has 3 atom stereocenters. The first-order valence-electron chi connectivity index (χ1n) is 6.95. The molecular weight excluding hydrogens is 212 g/mol. The van der Waals surface area contributed by atoms with E-state index in [1.54, 1.807) is 0 Å². The minimum absolute atomic E-state index is 0.338. The largest absolute Gasteiger partial charge is 0.336 e. The van der Waals surface area contributed by atoms with Gasteiger partial charge in [0.05, 0.1) is 6.54 Å². The van der Waals surface area contributed by atoms with Crippen LogP contribution in [0.25, 0.3) is 0 Å². The van der Waals surface area contributed by atoms with Crippen molar-refractivity contribution in [2.24, 2.45) is 11.8 Å². The summed E-state index contributed by atoms with van der Waals surface area (Å²) in [5.74, 6) is 1.94. The van der Waals surface area contributed by atoms with E-state index in [4.69, 9.17) is 0 Å². The van der Waals surface area contributed by atoms with Crippen LogP contribution in [-0.4, -0.2) is 48.4 Å². The van der Waals surface area contributed by atoms with Crippen molar-refractivity contribution >= 4 is 5.91 Å². The number of piperidine rings is 1. The standard InChI is InChI=1S/C14H26N2O/c1-10(2)11-7-12-5-6-13(8-11)16(12)14(17)9-15(3)4/h10-13H,5-9H2,1-4H3/t11?,12-,13?/m0/s1. The van der Waals surface area contributed by atoms with Gasteiger partial charge < -0.3 is 9.80 Å². The Balaban J connectivity index is 2.01. The molecule has 2 rings (SSSR count). The fourth-order valence-corrected chi connectivity index (χ4v) is 3.52. The molecule has 2 bridgehead atoms. The highest BCUT2D eigenvalue weighted by Gasteiger charge is 2.43. The average molecular weight is 238 g/mol. The van der Waals surface area contributed by atoms with Gasteiger partial charge in [-0.1, -0.05) is 13.8 Å². The number of likely N-dealkylation sites (N-methyl/N-ethyl adjacent to an activating group) is 1. The molecule has 0 spiro atoms. The zero-order valence-electron chi connectivity index (χ0n) is 11.6. The molecule has 0 aromatic heterocycles. The zero-order valence-corrected chi connectivity index (χ0v) is 11.6. The molecule has 2 aliphatic rings. The topological polar surface area (TPSA) is 23.6 Å². The Morgan fingerprint density at radius 3 is 2.18 bits per heavy atom. The van der Waals surface area contributed by atoms with Gasteiger partial charge in [0.15, 0.2) is 0 Å². The minimum atomic E-state index is 0.338. The van der Waals surface area contributed by atoms with Crippen LogP contribution in [-0.2, 0) is 4.79 Å². The molecule has 2 unspecified atom stereocenters. The third-order valence-electron chi connectivity index (χ3n) is 4.45. The molecule has 2 heterocycles. The summed E-state index contributed by atoms with van der Waals surface area (Å²) in [5.41, 5.74) is 0. The number of hydrogen-bond donors (Lipinski definition) is 0. The Bertz CT molecular complexity index is 274. The van der Waals surface area contributed by atoms with E-state index >= 15 is 0 Å². The zero-order chi connectivity index (χ0) is 12.6. The van der Waals surface area contributed by atoms with Gasteiger partial charge in [-0.05, 0) is 51.6 Å². The third-order valence-corrected chi connectivity index (χ3v) is 4.45. The van der Waals surface area contributed by atoms with Crippen LogP contribution < -0.4 is 0 Å². The molecule has 0 aromatic carbocycles. The van der Waals surface area contributed by atoms with Gasteiger partial charge in [0.1, 0.15) is 0 Å². The normalized spacial score (nSPS) is 32.6. The number of rotatable bonds is 3. The van der Waals surface area contributed by atoms with Crippen LogP contribution in [0.1, 0.15) is 39.5 Å². The van der Waals surface area contributed by atoms with Crippen LogP contribution in [0.15, 0.2) is 0 Å². The number of fused-ring (bicyclic) bond motifs is 2. The van der Waals surface area contributed by atoms with Gasteiger partial charge in [0, 0.05) is 12.1 Å². The molecule has 2 fully saturated rings. The number of carbonyl (C=O) groups is 1. The lowest BCUT2D eigenvalue weighted by atomic mass is 9.82. The van der Waals surface area contributed by atoms with E-state index in [-0.39, 0.29) is 0 Å². The first kappa shape index (κ1) is 12.9. The Morgan fingerprint density at radius 1 is 1.24 bits per heavy atom. The minimum Gasteiger partial charge on any atom is -0.336 e. The quantitative estimate of drug-likeness (QED) is 0.750. The smallest absolute Gasteiger partial charge is 0.237 e. The van der Waals surface area contributed by atoms with Gasteiger partial charge in [0.2, 0.25) is 5.91 Å². The third kappa shape index (κ3) is 2.65. The van der Waals surface area contributed by atoms with E-state index < -0.39 is 0 Å². The summed E-state index contributed by atoms with van der Waals surface area (Å²) in [6.45, 7) is 5.21. The van der Waals surface area contributed by atoms with E-state index in [9.17, 15) is 4.79 Å². The molecule has 3 nitrogen and oxygen atoms in total. The maximum Gasteiger partial charge on any atom is 0.237 e. The molecule has 0 saturated carbocycles. The van der Waals surface area contributed by atoms with E-state index in [0.29, 0.717) is 24.5 Å². The van der Waals surface area contributed by atoms with Crippen molar-refractivity contribution in [1.29, 1.82) is 0 Å². The maximum atomic E-state index is 12.2. The van der Waals surface area contributed by atoms with Crippen LogP contribution >= 0.6 is 0 Å². The predicted octanol–water partition coefficient (Wildman–Crippen LogP) is 1.97. The summed E-state index contributed by atoms with van der Waals surface area (Å²) < 4.78 is 0. The number of nitrogens with zero attached hydrogens (tertiary/aromatic N) is 2. The second kappa shape index (κ2) is 4.97. The molecule has 98 valence electrons. The average Bonchev–Trinajstić information content (AvgIpc) is 2.48. The Labute approximate surface area is 105 Å². The van der Waals surface area contributed by atoms with Gasteiger partial charge in [-0.15, -0.1) is 0 Å². The van der Waals surface area contributed by atoms with Crippen molar-refractivity contribution in [3.63, 3.8) is 0 Å². The van der Waals surface area contributed by atoms with Crippen LogP contribution in [0, 0.1) is 11.8 Å². The molecule has 17 heavy (non-hydrogen) atoms. The molecular formula is C14H26N2O. The molecule has 2 aliphatic heterocycles. The Morgan fingerprint density at radius 2 is 1.76 bits per heavy atom. The Kier molecular flexibility index (Phi) is 3.76. The van der Waals surface area contributed by atoms with Crippen LogP contribution in [0.5, 0.6) is 0 Å². The van der Waals surface area contributed by atoms with Crippen molar-refractivity contribution in [3.8, 4) is 0 Å². The highest BCUT2D eigenvalue weighted by atomic mass is 16.2. The molecule has 0 aromatic rings. The summed E-state index contributed by atoms with van der Waals surface area (Å²) >= 11 is 0. The van der Waals surface area contributed by atoms with E-state index in [2.05, 4.69) is 18.7 Å². The fourth-order valence-electron chi connectivity index (χ4n) is 3.52. The molecule has 3 heteroatoms. The van der Waals surface area contributed by atoms with Gasteiger partial charge in [0.25, 0.3) is 0 Å². The van der Waals surface area contributed by atoms with Crippen molar-refractivity contribution in [1.82, 2.24) is 9.80 Å². The second-order valence-corrected chi connectivity index (χ2v) is 6.40. The van der Waals surface area contributed by atoms with Crippen molar-refractivity contribution in [2.45, 2.75) is 51.6 Å². The first-order valence-corrected chi connectivity index (χ1v) is 6.95. The monoisotopic (exact) mass is 238 g/mol. The number of amides is 1. The lowest BCUT2D eigenvalue weighted by Crippen LogP contribution is -2.50. The van der Waals surface area contributed by atoms with E-state index in [1.165, 1.54) is 25.7 Å². The van der Waals surface area contributed by atoms with Gasteiger partial charge in [-0.3, -0.25) is 4.79 Å². The first-order chi connectivity index (χ1) is 7.99. The summed E-state index contributed by atoms with van der Waals surface area (Å²) in [5, 5.41) is 0. The maximum absolute atomic E-state index is 12.2. The highest BCUT2D eigenvalue weighted by Crippen LogP contribution is 2.41. The number of hydrogen-bond acceptors (Lipinski definition) is 2. The van der Waals surface area contributed by atoms with Crippen LogP contribution in [0.2, 0.25) is 0 Å². The molecule has 2 saturated heterocycles. The number of carbonyl (C=O) groups excluding carboxylic acids is 1. The van der Waals surface area contributed by atoms with Crippen LogP contribution in [0.4, 0.5) is 0 Å². The summed E-state index contributed by atoms with van der Waals surface area (Å²) in [7, 11) is 3.95. The molecule has 0 aliphatic carbocycles. The van der Waals surface area contributed by atoms with Crippen LogP contribution in [0.3, 0.4) is 0 Å². The fraction of sp³-hybridized carbons (Fsp3) is 0.929. The van der Waals surface area contributed by atoms with Gasteiger partial charge in [-0.25, -0.2) is 0 Å². The molecule has 1 amide bonds. The van der Waals surface area contributed by atoms with Crippen molar-refractivity contribution < 1.29 is 4.79 Å². The summed E-state index contributed by atoms with van der Waals surface area (Å²) in [6.07, 6.45) is 4.92. The van der Waals surface area contributed by atoms with Gasteiger partial charge in [-0.2, -0.15) is 0 Å². The Hall–Kier alpha value is -0.570. The van der Waals surface area contributed by atoms with E-state index in [0.717, 1.165) is 11.8 Å². The highest BCUT2D eigenvalue weighted by molar-refractivity contribution is 5.79. The van der Waals surface area contributed by atoms with Crippen molar-refractivity contribution in [3.05, 3.63) is 0 Å². The molecule has 0 radical (unpaired) electrons. The van der Waals surface area contributed by atoms with Crippen molar-refractivity contribution in [2.75, 3.05) is 20.6 Å². The molecule has 0 N–H and O–H groups in total. The second-order valence-electron chi connectivity index (χ2n) is 6.40. The lowest BCUT2D eigenvalue weighted by Gasteiger charge is -2.41. The summed E-state index contributed by atoms with van der Waals surface area (Å²) in [4.78, 5) is 16.4. The summed E-state index contributed by atoms with van der Waals surface area (Å²) in [6, 6.07) is 1.07. The van der Waals surface area contributed by atoms with E-state index in [1.807, 2.05) is 19.0 Å². The lowest BCUT2D eigenvalue weighted by molar-refractivity contribution is -0.137.